The summed E-state index contributed by atoms with van der Waals surface area (Å²) in [5, 5.41) is 0. The zero-order valence-corrected chi connectivity index (χ0v) is 10.8. The number of hydrogen-bond acceptors (Lipinski definition) is 5. The summed E-state index contributed by atoms with van der Waals surface area (Å²) in [4.78, 5) is 10.6. The molecule has 0 N–H and O–H groups in total. The lowest BCUT2D eigenvalue weighted by Crippen LogP contribution is -2.47. The topological polar surface area (TPSA) is 47.5 Å². The van der Waals surface area contributed by atoms with Crippen LogP contribution in [0, 0.1) is 6.92 Å². The van der Waals surface area contributed by atoms with Crippen molar-refractivity contribution in [3.63, 3.8) is 0 Å². The number of anilines is 1. The number of methoxy groups -OCH3 is 1. The average Bonchev–Trinajstić information content (AvgIpc) is 2.39. The number of halogens is 1. The Balaban J connectivity index is 2.31. The fourth-order valence-electron chi connectivity index (χ4n) is 1.98. The van der Waals surface area contributed by atoms with E-state index in [0.717, 1.165) is 17.9 Å². The van der Waals surface area contributed by atoms with Crippen molar-refractivity contribution in [1.29, 1.82) is 0 Å². The molecule has 1 aromatic rings. The second kappa shape index (κ2) is 5.51. The van der Waals surface area contributed by atoms with Gasteiger partial charge < -0.3 is 14.4 Å². The van der Waals surface area contributed by atoms with Crippen LogP contribution in [-0.2, 0) is 4.74 Å². The molecule has 0 aliphatic carbocycles. The van der Waals surface area contributed by atoms with Gasteiger partial charge in [0.1, 0.15) is 12.1 Å². The summed E-state index contributed by atoms with van der Waals surface area (Å²) in [6.45, 7) is 4.07. The highest BCUT2D eigenvalue weighted by Gasteiger charge is 2.25. The summed E-state index contributed by atoms with van der Waals surface area (Å²) >= 11 is 5.95. The summed E-state index contributed by atoms with van der Waals surface area (Å²) < 4.78 is 10.6. The van der Waals surface area contributed by atoms with Crippen molar-refractivity contribution < 1.29 is 9.47 Å². The van der Waals surface area contributed by atoms with Crippen molar-refractivity contribution in [2.75, 3.05) is 37.6 Å². The molecule has 1 aliphatic heterocycles. The standard InChI is InChI=1S/C11H16ClN3O2/c1-8-10(13-7-14-11(8)16-2)15-3-4-17-6-9(15)5-12/h7,9H,3-6H2,1-2H3. The van der Waals surface area contributed by atoms with Gasteiger partial charge >= 0.3 is 0 Å². The molecule has 2 heterocycles. The lowest BCUT2D eigenvalue weighted by molar-refractivity contribution is 0.0992. The SMILES string of the molecule is COc1ncnc(N2CCOCC2CCl)c1C. The van der Waals surface area contributed by atoms with Gasteiger partial charge in [0.25, 0.3) is 0 Å². The van der Waals surface area contributed by atoms with Gasteiger partial charge in [-0.05, 0) is 6.92 Å². The van der Waals surface area contributed by atoms with E-state index in [1.54, 1.807) is 7.11 Å². The molecule has 0 saturated carbocycles. The first-order chi connectivity index (χ1) is 8.27. The van der Waals surface area contributed by atoms with Gasteiger partial charge in [0.05, 0.1) is 31.9 Å². The van der Waals surface area contributed by atoms with Crippen LogP contribution in [0.15, 0.2) is 6.33 Å². The maximum Gasteiger partial charge on any atom is 0.221 e. The molecule has 1 saturated heterocycles. The summed E-state index contributed by atoms with van der Waals surface area (Å²) in [6, 6.07) is 0.156. The maximum atomic E-state index is 5.95. The minimum Gasteiger partial charge on any atom is -0.481 e. The van der Waals surface area contributed by atoms with Crippen LogP contribution in [0.3, 0.4) is 0 Å². The Kier molecular flexibility index (Phi) is 4.02. The fourth-order valence-corrected chi connectivity index (χ4v) is 2.24. The second-order valence-electron chi connectivity index (χ2n) is 3.91. The minimum absolute atomic E-state index is 0.156. The molecule has 0 aromatic carbocycles. The highest BCUT2D eigenvalue weighted by atomic mass is 35.5. The zero-order chi connectivity index (χ0) is 12.3. The van der Waals surface area contributed by atoms with E-state index in [0.29, 0.717) is 25.0 Å². The predicted octanol–water partition coefficient (Wildman–Crippen LogP) is 1.24. The molecular formula is C11H16ClN3O2. The smallest absolute Gasteiger partial charge is 0.221 e. The first-order valence-electron chi connectivity index (χ1n) is 5.54. The molecule has 5 nitrogen and oxygen atoms in total. The van der Waals surface area contributed by atoms with Gasteiger partial charge in [-0.25, -0.2) is 9.97 Å². The number of alkyl halides is 1. The van der Waals surface area contributed by atoms with E-state index >= 15 is 0 Å². The quantitative estimate of drug-likeness (QED) is 0.763. The minimum atomic E-state index is 0.156. The van der Waals surface area contributed by atoms with Gasteiger partial charge in [-0.1, -0.05) is 0 Å². The van der Waals surface area contributed by atoms with Gasteiger partial charge in [0.15, 0.2) is 0 Å². The number of hydrogen-bond donors (Lipinski definition) is 0. The largest absolute Gasteiger partial charge is 0.481 e. The Labute approximate surface area is 106 Å². The number of nitrogens with zero attached hydrogens (tertiary/aromatic N) is 3. The lowest BCUT2D eigenvalue weighted by Gasteiger charge is -2.36. The molecule has 94 valence electrons. The molecule has 1 aromatic heterocycles. The molecule has 0 radical (unpaired) electrons. The first kappa shape index (κ1) is 12.4. The Hall–Kier alpha value is -1.07. The van der Waals surface area contributed by atoms with Gasteiger partial charge in [0.2, 0.25) is 5.88 Å². The van der Waals surface area contributed by atoms with E-state index in [9.17, 15) is 0 Å². The van der Waals surface area contributed by atoms with E-state index < -0.39 is 0 Å². The Morgan fingerprint density at radius 3 is 3.12 bits per heavy atom. The normalized spacial score (nSPS) is 20.4. The zero-order valence-electron chi connectivity index (χ0n) is 10.0. The van der Waals surface area contributed by atoms with E-state index in [1.807, 2.05) is 6.92 Å². The van der Waals surface area contributed by atoms with Gasteiger partial charge in [-0.15, -0.1) is 11.6 Å². The summed E-state index contributed by atoms with van der Waals surface area (Å²) in [6.07, 6.45) is 1.52. The first-order valence-corrected chi connectivity index (χ1v) is 6.07. The average molecular weight is 258 g/mol. The number of rotatable bonds is 3. The van der Waals surface area contributed by atoms with Gasteiger partial charge in [-0.2, -0.15) is 0 Å². The fraction of sp³-hybridized carbons (Fsp3) is 0.636. The van der Waals surface area contributed by atoms with Crippen LogP contribution in [-0.4, -0.2) is 48.8 Å². The van der Waals surface area contributed by atoms with Crippen molar-refractivity contribution >= 4 is 17.4 Å². The highest BCUT2D eigenvalue weighted by molar-refractivity contribution is 6.18. The molecule has 0 amide bonds. The van der Waals surface area contributed by atoms with Crippen molar-refractivity contribution in [2.24, 2.45) is 0 Å². The van der Waals surface area contributed by atoms with Crippen molar-refractivity contribution in [3.8, 4) is 5.88 Å². The number of morpholine rings is 1. The molecule has 2 rings (SSSR count). The maximum absolute atomic E-state index is 5.95. The molecule has 6 heteroatoms. The van der Waals surface area contributed by atoms with Crippen molar-refractivity contribution in [1.82, 2.24) is 9.97 Å². The van der Waals surface area contributed by atoms with Crippen LogP contribution in [0.5, 0.6) is 5.88 Å². The molecule has 1 atom stereocenters. The third kappa shape index (κ3) is 2.45. The molecule has 17 heavy (non-hydrogen) atoms. The second-order valence-corrected chi connectivity index (χ2v) is 4.22. The van der Waals surface area contributed by atoms with Crippen LogP contribution in [0.25, 0.3) is 0 Å². The van der Waals surface area contributed by atoms with Crippen LogP contribution in [0.1, 0.15) is 5.56 Å². The van der Waals surface area contributed by atoms with E-state index in [-0.39, 0.29) is 6.04 Å². The van der Waals surface area contributed by atoms with Crippen molar-refractivity contribution in [3.05, 3.63) is 11.9 Å². The number of ether oxygens (including phenoxy) is 2. The lowest BCUT2D eigenvalue weighted by atomic mass is 10.2. The molecule has 0 bridgehead atoms. The Bertz CT molecular complexity index is 389. The molecule has 1 aliphatic rings. The number of aromatic nitrogens is 2. The van der Waals surface area contributed by atoms with Crippen molar-refractivity contribution in [2.45, 2.75) is 13.0 Å². The third-order valence-corrected chi connectivity index (χ3v) is 3.24. The van der Waals surface area contributed by atoms with Crippen LogP contribution in [0.4, 0.5) is 5.82 Å². The van der Waals surface area contributed by atoms with Gasteiger partial charge in [0, 0.05) is 12.4 Å². The van der Waals surface area contributed by atoms with Crippen LogP contribution >= 0.6 is 11.6 Å². The third-order valence-electron chi connectivity index (χ3n) is 2.88. The predicted molar refractivity (Wildman–Crippen MR) is 66.0 cm³/mol. The van der Waals surface area contributed by atoms with E-state index in [4.69, 9.17) is 21.1 Å². The van der Waals surface area contributed by atoms with E-state index in [2.05, 4.69) is 14.9 Å². The highest BCUT2D eigenvalue weighted by Crippen LogP contribution is 2.26. The Morgan fingerprint density at radius 2 is 2.41 bits per heavy atom. The summed E-state index contributed by atoms with van der Waals surface area (Å²) in [5.41, 5.74) is 0.937. The van der Waals surface area contributed by atoms with E-state index in [1.165, 1.54) is 6.33 Å². The summed E-state index contributed by atoms with van der Waals surface area (Å²) in [7, 11) is 1.61. The molecule has 1 unspecified atom stereocenters. The molecule has 1 fully saturated rings. The van der Waals surface area contributed by atoms with Gasteiger partial charge in [-0.3, -0.25) is 0 Å². The monoisotopic (exact) mass is 257 g/mol. The summed E-state index contributed by atoms with van der Waals surface area (Å²) in [5.74, 6) is 2.01. The van der Waals surface area contributed by atoms with Crippen LogP contribution in [0.2, 0.25) is 0 Å². The van der Waals surface area contributed by atoms with Crippen LogP contribution < -0.4 is 9.64 Å². The Morgan fingerprint density at radius 1 is 1.59 bits per heavy atom. The molecular weight excluding hydrogens is 242 g/mol. The molecule has 0 spiro atoms.